The summed E-state index contributed by atoms with van der Waals surface area (Å²) >= 11 is 0. The Bertz CT molecular complexity index is 547. The van der Waals surface area contributed by atoms with Crippen molar-refractivity contribution in [2.45, 2.75) is 25.8 Å². The van der Waals surface area contributed by atoms with E-state index in [1.807, 2.05) is 6.20 Å². The Balaban J connectivity index is 1.45. The van der Waals surface area contributed by atoms with Crippen molar-refractivity contribution in [2.24, 2.45) is 5.92 Å². The molecule has 3 rings (SSSR count). The zero-order valence-corrected chi connectivity index (χ0v) is 13.9. The number of aromatic nitrogens is 1. The lowest BCUT2D eigenvalue weighted by Gasteiger charge is -2.33. The summed E-state index contributed by atoms with van der Waals surface area (Å²) < 4.78 is 0. The van der Waals surface area contributed by atoms with Crippen molar-refractivity contribution in [2.75, 3.05) is 38.1 Å². The highest BCUT2D eigenvalue weighted by Gasteiger charge is 2.15. The molecule has 1 N–H and O–H groups in total. The average molecular weight is 314 g/mol. The number of hydrogen-bond donors (Lipinski definition) is 1. The minimum Gasteiger partial charge on any atom is -0.354 e. The van der Waals surface area contributed by atoms with E-state index in [-0.39, 0.29) is 5.91 Å². The van der Waals surface area contributed by atoms with Crippen molar-refractivity contribution in [3.05, 3.63) is 36.0 Å². The second-order valence-corrected chi connectivity index (χ2v) is 6.56. The molecule has 23 heavy (non-hydrogen) atoms. The Morgan fingerprint density at radius 3 is 2.78 bits per heavy atom. The Hall–Kier alpha value is -1.88. The molecule has 0 spiro atoms. The van der Waals surface area contributed by atoms with Gasteiger partial charge in [-0.15, -0.1) is 0 Å². The van der Waals surface area contributed by atoms with Crippen LogP contribution in [-0.2, 0) is 11.3 Å². The summed E-state index contributed by atoms with van der Waals surface area (Å²) in [5.41, 5.74) is 1.05. The van der Waals surface area contributed by atoms with Gasteiger partial charge in [0.1, 0.15) is 5.82 Å². The van der Waals surface area contributed by atoms with Gasteiger partial charge in [0.15, 0.2) is 0 Å². The van der Waals surface area contributed by atoms with E-state index in [0.29, 0.717) is 18.9 Å². The van der Waals surface area contributed by atoms with Gasteiger partial charge in [-0.1, -0.05) is 18.2 Å². The first kappa shape index (κ1) is 16.0. The second-order valence-electron chi connectivity index (χ2n) is 6.56. The molecular formula is C18H26N4O. The Kier molecular flexibility index (Phi) is 5.28. The van der Waals surface area contributed by atoms with Crippen LogP contribution in [0.3, 0.4) is 0 Å². The maximum atomic E-state index is 11.9. The highest BCUT2D eigenvalue weighted by molar-refractivity contribution is 5.76. The van der Waals surface area contributed by atoms with Crippen molar-refractivity contribution in [1.29, 1.82) is 0 Å². The van der Waals surface area contributed by atoms with Gasteiger partial charge in [0.05, 0.1) is 0 Å². The van der Waals surface area contributed by atoms with Gasteiger partial charge in [-0.05, 0) is 37.4 Å². The lowest BCUT2D eigenvalue weighted by molar-refractivity contribution is -0.121. The van der Waals surface area contributed by atoms with Gasteiger partial charge >= 0.3 is 0 Å². The number of pyridine rings is 1. The lowest BCUT2D eigenvalue weighted by Crippen LogP contribution is -2.44. The highest BCUT2D eigenvalue weighted by Crippen LogP contribution is 2.20. The molecule has 5 heteroatoms. The molecule has 1 amide bonds. The first-order chi connectivity index (χ1) is 11.2. The third kappa shape index (κ3) is 4.55. The van der Waals surface area contributed by atoms with E-state index < -0.39 is 0 Å². The highest BCUT2D eigenvalue weighted by atomic mass is 16.1. The van der Waals surface area contributed by atoms with Crippen LogP contribution in [0.5, 0.6) is 0 Å². The molecule has 5 nitrogen and oxygen atoms in total. The van der Waals surface area contributed by atoms with Gasteiger partial charge in [0.2, 0.25) is 5.91 Å². The monoisotopic (exact) mass is 314 g/mol. The van der Waals surface area contributed by atoms with Crippen molar-refractivity contribution in [3.63, 3.8) is 0 Å². The molecule has 1 aromatic heterocycles. The van der Waals surface area contributed by atoms with Gasteiger partial charge in [-0.3, -0.25) is 4.79 Å². The molecule has 1 fully saturated rings. The van der Waals surface area contributed by atoms with Crippen LogP contribution in [0.4, 0.5) is 5.82 Å². The van der Waals surface area contributed by atoms with E-state index in [1.165, 1.54) is 0 Å². The molecule has 1 aliphatic carbocycles. The maximum absolute atomic E-state index is 11.9. The number of anilines is 1. The van der Waals surface area contributed by atoms with Gasteiger partial charge in [0, 0.05) is 45.3 Å². The number of nitrogens with one attached hydrogen (secondary N) is 1. The molecule has 1 atom stereocenters. The summed E-state index contributed by atoms with van der Waals surface area (Å²) in [6.07, 6.45) is 9.02. The fraction of sp³-hybridized carbons (Fsp3) is 0.556. The summed E-state index contributed by atoms with van der Waals surface area (Å²) in [4.78, 5) is 21.1. The molecule has 0 radical (unpaired) electrons. The van der Waals surface area contributed by atoms with Gasteiger partial charge in [0.25, 0.3) is 0 Å². The molecule has 2 heterocycles. The molecule has 2 aliphatic rings. The van der Waals surface area contributed by atoms with E-state index in [0.717, 1.165) is 50.4 Å². The third-order valence-corrected chi connectivity index (χ3v) is 4.69. The number of nitrogens with zero attached hydrogens (tertiary/aromatic N) is 3. The molecule has 1 aromatic rings. The Labute approximate surface area is 138 Å². The number of rotatable bonds is 5. The molecular weight excluding hydrogens is 288 g/mol. The zero-order valence-electron chi connectivity index (χ0n) is 13.9. The van der Waals surface area contributed by atoms with Crippen molar-refractivity contribution < 1.29 is 4.79 Å². The summed E-state index contributed by atoms with van der Waals surface area (Å²) in [6.45, 7) is 4.76. The summed E-state index contributed by atoms with van der Waals surface area (Å²) in [5.74, 6) is 1.58. The van der Waals surface area contributed by atoms with Crippen LogP contribution in [-0.4, -0.2) is 49.0 Å². The predicted molar refractivity (Wildman–Crippen MR) is 92.3 cm³/mol. The molecule has 1 saturated heterocycles. The van der Waals surface area contributed by atoms with Gasteiger partial charge < -0.3 is 15.1 Å². The molecule has 0 bridgehead atoms. The zero-order chi connectivity index (χ0) is 16.1. The summed E-state index contributed by atoms with van der Waals surface area (Å²) in [7, 11) is 2.15. The Morgan fingerprint density at radius 2 is 2.13 bits per heavy atom. The standard InChI is InChI=1S/C18H26N4O/c1-21-8-10-22(11-9-21)17-7-6-16(13-19-17)14-20-18(23)12-15-4-2-3-5-15/h2,4,6-7,13,15H,3,5,8-12,14H2,1H3,(H,20,23)/t15-/m1/s1. The SMILES string of the molecule is CN1CCN(c2ccc(CNC(=O)C[C@@H]3C=CCC3)cn2)CC1. The first-order valence-corrected chi connectivity index (χ1v) is 8.52. The van der Waals surface area contributed by atoms with E-state index >= 15 is 0 Å². The predicted octanol–water partition coefficient (Wildman–Crippen LogP) is 1.81. The maximum Gasteiger partial charge on any atom is 0.220 e. The van der Waals surface area contributed by atoms with Crippen LogP contribution >= 0.6 is 0 Å². The quantitative estimate of drug-likeness (QED) is 0.842. The minimum absolute atomic E-state index is 0.129. The number of carbonyl (C=O) groups excluding carboxylic acids is 1. The third-order valence-electron chi connectivity index (χ3n) is 4.69. The molecule has 0 unspecified atom stereocenters. The van der Waals surface area contributed by atoms with Gasteiger partial charge in [-0.2, -0.15) is 0 Å². The van der Waals surface area contributed by atoms with Crippen LogP contribution in [0.25, 0.3) is 0 Å². The molecule has 124 valence electrons. The average Bonchev–Trinajstić information content (AvgIpc) is 3.07. The van der Waals surface area contributed by atoms with Crippen molar-refractivity contribution in [3.8, 4) is 0 Å². The number of amides is 1. The van der Waals surface area contributed by atoms with Crippen LogP contribution < -0.4 is 10.2 Å². The largest absolute Gasteiger partial charge is 0.354 e. The number of piperazine rings is 1. The number of carbonyl (C=O) groups is 1. The summed E-state index contributed by atoms with van der Waals surface area (Å²) in [6, 6.07) is 4.13. The molecule has 0 saturated carbocycles. The molecule has 1 aliphatic heterocycles. The van der Waals surface area contributed by atoms with E-state index in [1.54, 1.807) is 0 Å². The lowest BCUT2D eigenvalue weighted by atomic mass is 10.1. The number of allylic oxidation sites excluding steroid dienone is 2. The topological polar surface area (TPSA) is 48.5 Å². The fourth-order valence-electron chi connectivity index (χ4n) is 3.12. The van der Waals surface area contributed by atoms with Crippen LogP contribution in [0, 0.1) is 5.92 Å². The summed E-state index contributed by atoms with van der Waals surface area (Å²) in [5, 5.41) is 3.00. The van der Waals surface area contributed by atoms with Crippen molar-refractivity contribution >= 4 is 11.7 Å². The Morgan fingerprint density at radius 1 is 1.30 bits per heavy atom. The van der Waals surface area contributed by atoms with E-state index in [9.17, 15) is 4.79 Å². The second kappa shape index (κ2) is 7.59. The number of hydrogen-bond acceptors (Lipinski definition) is 4. The first-order valence-electron chi connectivity index (χ1n) is 8.52. The number of likely N-dealkylation sites (N-methyl/N-ethyl adjacent to an activating group) is 1. The van der Waals surface area contributed by atoms with Gasteiger partial charge in [-0.25, -0.2) is 4.98 Å². The molecule has 0 aromatic carbocycles. The van der Waals surface area contributed by atoms with E-state index in [2.05, 4.69) is 51.4 Å². The fourth-order valence-corrected chi connectivity index (χ4v) is 3.12. The van der Waals surface area contributed by atoms with Crippen LogP contribution in [0.2, 0.25) is 0 Å². The normalized spacial score (nSPS) is 21.6. The van der Waals surface area contributed by atoms with Crippen LogP contribution in [0.1, 0.15) is 24.8 Å². The van der Waals surface area contributed by atoms with Crippen molar-refractivity contribution in [1.82, 2.24) is 15.2 Å². The smallest absolute Gasteiger partial charge is 0.220 e. The van der Waals surface area contributed by atoms with E-state index in [4.69, 9.17) is 0 Å². The minimum atomic E-state index is 0.129. The van der Waals surface area contributed by atoms with Crippen LogP contribution in [0.15, 0.2) is 30.5 Å².